The number of carbonyl (C=O) groups is 1. The van der Waals surface area contributed by atoms with Crippen molar-refractivity contribution in [3.63, 3.8) is 0 Å². The predicted octanol–water partition coefficient (Wildman–Crippen LogP) is 4.19. The fraction of sp³-hybridized carbons (Fsp3) is 0.138. The molecule has 0 radical (unpaired) electrons. The van der Waals surface area contributed by atoms with Crippen molar-refractivity contribution in [2.24, 2.45) is 4.99 Å². The molecule has 6 nitrogen and oxygen atoms in total. The molecule has 4 aromatic rings. The molecule has 1 aromatic heterocycles. The van der Waals surface area contributed by atoms with Crippen molar-refractivity contribution in [1.82, 2.24) is 4.57 Å². The molecular weight excluding hydrogens is 470 g/mol. The van der Waals surface area contributed by atoms with Crippen molar-refractivity contribution >= 4 is 29.0 Å². The Morgan fingerprint density at radius 2 is 1.78 bits per heavy atom. The number of rotatable bonds is 5. The summed E-state index contributed by atoms with van der Waals surface area (Å²) in [7, 11) is 1.59. The number of aryl methyl sites for hydroxylation is 1. The number of amides is 1. The quantitative estimate of drug-likeness (QED) is 0.451. The summed E-state index contributed by atoms with van der Waals surface area (Å²) >= 11 is 1.32. The number of benzene rings is 3. The molecule has 5 rings (SSSR count). The van der Waals surface area contributed by atoms with E-state index in [9.17, 15) is 9.59 Å². The number of nitrogens with one attached hydrogen (secondary N) is 1. The number of carbonyl (C=O) groups excluding carboxylic acids is 1. The summed E-state index contributed by atoms with van der Waals surface area (Å²) in [4.78, 5) is 32.6. The van der Waals surface area contributed by atoms with E-state index in [0.717, 1.165) is 16.7 Å². The first-order valence-corrected chi connectivity index (χ1v) is 12.4. The molecule has 1 amide bonds. The zero-order valence-electron chi connectivity index (χ0n) is 20.2. The van der Waals surface area contributed by atoms with E-state index in [1.54, 1.807) is 11.7 Å². The minimum atomic E-state index is -0.653. The summed E-state index contributed by atoms with van der Waals surface area (Å²) < 4.78 is 7.62. The summed E-state index contributed by atoms with van der Waals surface area (Å²) in [5.41, 5.74) is 4.32. The summed E-state index contributed by atoms with van der Waals surface area (Å²) in [6.07, 6.45) is 1.87. The topological polar surface area (TPSA) is 72.7 Å². The molecule has 0 aliphatic carbocycles. The highest BCUT2D eigenvalue weighted by Gasteiger charge is 2.32. The van der Waals surface area contributed by atoms with Crippen LogP contribution in [-0.2, 0) is 4.79 Å². The molecule has 7 heteroatoms. The Morgan fingerprint density at radius 3 is 2.50 bits per heavy atom. The Balaban J connectivity index is 1.68. The maximum Gasteiger partial charge on any atom is 0.271 e. The summed E-state index contributed by atoms with van der Waals surface area (Å²) in [5.74, 6) is 0.342. The van der Waals surface area contributed by atoms with Crippen molar-refractivity contribution in [1.29, 1.82) is 0 Å². The van der Waals surface area contributed by atoms with Gasteiger partial charge in [-0.1, -0.05) is 71.5 Å². The Morgan fingerprint density at radius 1 is 1.03 bits per heavy atom. The van der Waals surface area contributed by atoms with Crippen LogP contribution in [0.5, 0.6) is 5.75 Å². The van der Waals surface area contributed by atoms with Crippen molar-refractivity contribution in [2.75, 3.05) is 12.4 Å². The van der Waals surface area contributed by atoms with Gasteiger partial charge in [0.2, 0.25) is 0 Å². The van der Waals surface area contributed by atoms with Crippen LogP contribution in [0.1, 0.15) is 29.7 Å². The first-order valence-electron chi connectivity index (χ1n) is 11.5. The third-order valence-electron chi connectivity index (χ3n) is 6.08. The summed E-state index contributed by atoms with van der Waals surface area (Å²) in [6.45, 7) is 3.83. The number of methoxy groups -OCH3 is 1. The first kappa shape index (κ1) is 23.5. The number of aromatic nitrogens is 1. The lowest BCUT2D eigenvalue weighted by atomic mass is 9.95. The van der Waals surface area contributed by atoms with Crippen LogP contribution in [0.2, 0.25) is 0 Å². The monoisotopic (exact) mass is 495 g/mol. The number of para-hydroxylation sites is 1. The summed E-state index contributed by atoms with van der Waals surface area (Å²) in [6, 6.07) is 24.0. The lowest BCUT2D eigenvalue weighted by molar-refractivity contribution is -0.113. The minimum Gasteiger partial charge on any atom is -0.497 e. The zero-order valence-corrected chi connectivity index (χ0v) is 21.0. The average Bonchev–Trinajstić information content (AvgIpc) is 3.19. The van der Waals surface area contributed by atoms with E-state index in [-0.39, 0.29) is 11.5 Å². The lowest BCUT2D eigenvalue weighted by Gasteiger charge is -2.25. The zero-order chi connectivity index (χ0) is 25.2. The number of anilines is 1. The van der Waals surface area contributed by atoms with Crippen LogP contribution in [0.3, 0.4) is 0 Å². The lowest BCUT2D eigenvalue weighted by Crippen LogP contribution is -2.40. The molecule has 36 heavy (non-hydrogen) atoms. The van der Waals surface area contributed by atoms with Gasteiger partial charge in [-0.2, -0.15) is 0 Å². The SMILES string of the molecule is COc1cccc([C@H]2C(C(=O)Nc3ccccc3)=C(C)N=c3s/c(=C\c4ccc(C)cc4)c(=O)n32)c1. The van der Waals surface area contributed by atoms with Gasteiger partial charge in [0.05, 0.1) is 29.0 Å². The highest BCUT2D eigenvalue weighted by molar-refractivity contribution is 7.07. The molecule has 0 saturated carbocycles. The van der Waals surface area contributed by atoms with Crippen LogP contribution in [-0.4, -0.2) is 17.6 Å². The molecule has 3 aromatic carbocycles. The van der Waals surface area contributed by atoms with Crippen molar-refractivity contribution in [2.45, 2.75) is 19.9 Å². The summed E-state index contributed by atoms with van der Waals surface area (Å²) in [5, 5.41) is 2.96. The van der Waals surface area contributed by atoms with Crippen LogP contribution < -0.4 is 24.9 Å². The number of thiazole rings is 1. The van der Waals surface area contributed by atoms with E-state index in [1.807, 2.05) is 98.8 Å². The third kappa shape index (κ3) is 4.53. The average molecular weight is 496 g/mol. The Hall–Kier alpha value is -4.23. The van der Waals surface area contributed by atoms with E-state index in [4.69, 9.17) is 9.73 Å². The first-order chi connectivity index (χ1) is 17.4. The largest absolute Gasteiger partial charge is 0.497 e. The maximum absolute atomic E-state index is 13.8. The van der Waals surface area contributed by atoms with Crippen molar-refractivity contribution in [3.8, 4) is 5.75 Å². The Labute approximate surface area is 212 Å². The molecule has 1 aliphatic heterocycles. The standard InChI is InChI=1S/C29H25N3O3S/c1-18-12-14-20(15-13-18)16-24-28(34)32-26(21-8-7-11-23(17-21)35-3)25(19(2)30-29(32)36-24)27(33)31-22-9-5-4-6-10-22/h4-17,26H,1-3H3,(H,31,33)/b24-16-/t26-/m0/s1. The second-order valence-electron chi connectivity index (χ2n) is 8.59. The van der Waals surface area contributed by atoms with Crippen LogP contribution in [0, 0.1) is 6.92 Å². The molecule has 1 atom stereocenters. The highest BCUT2D eigenvalue weighted by atomic mass is 32.1. The van der Waals surface area contributed by atoms with Crippen LogP contribution >= 0.6 is 11.3 Å². The number of hydrogen-bond donors (Lipinski definition) is 1. The normalized spacial score (nSPS) is 15.3. The molecule has 1 N–H and O–H groups in total. The van der Waals surface area contributed by atoms with E-state index in [1.165, 1.54) is 11.3 Å². The van der Waals surface area contributed by atoms with E-state index in [0.29, 0.717) is 32.0 Å². The van der Waals surface area contributed by atoms with Gasteiger partial charge in [-0.15, -0.1) is 0 Å². The molecule has 0 fully saturated rings. The number of hydrogen-bond acceptors (Lipinski definition) is 5. The Bertz CT molecular complexity index is 1650. The van der Waals surface area contributed by atoms with Gasteiger partial charge in [0, 0.05) is 5.69 Å². The maximum atomic E-state index is 13.8. The van der Waals surface area contributed by atoms with Gasteiger partial charge in [-0.3, -0.25) is 14.2 Å². The van der Waals surface area contributed by atoms with Gasteiger partial charge < -0.3 is 10.1 Å². The van der Waals surface area contributed by atoms with Crippen molar-refractivity contribution in [3.05, 3.63) is 127 Å². The molecule has 1 aliphatic rings. The molecular formula is C29H25N3O3S. The van der Waals surface area contributed by atoms with E-state index >= 15 is 0 Å². The van der Waals surface area contributed by atoms with Crippen molar-refractivity contribution < 1.29 is 9.53 Å². The van der Waals surface area contributed by atoms with E-state index in [2.05, 4.69) is 5.32 Å². The van der Waals surface area contributed by atoms with E-state index < -0.39 is 6.04 Å². The fourth-order valence-corrected chi connectivity index (χ4v) is 5.32. The third-order valence-corrected chi connectivity index (χ3v) is 7.07. The Kier molecular flexibility index (Phi) is 6.40. The minimum absolute atomic E-state index is 0.190. The molecule has 180 valence electrons. The van der Waals surface area contributed by atoms with Gasteiger partial charge in [-0.25, -0.2) is 4.99 Å². The van der Waals surface area contributed by atoms with Crippen LogP contribution in [0.4, 0.5) is 5.69 Å². The highest BCUT2D eigenvalue weighted by Crippen LogP contribution is 2.32. The molecule has 0 saturated heterocycles. The second-order valence-corrected chi connectivity index (χ2v) is 9.60. The smallest absolute Gasteiger partial charge is 0.271 e. The predicted molar refractivity (Wildman–Crippen MR) is 143 cm³/mol. The number of ether oxygens (including phenoxy) is 1. The van der Waals surface area contributed by atoms with Gasteiger partial charge in [0.25, 0.3) is 11.5 Å². The molecule has 0 unspecified atom stereocenters. The van der Waals surface area contributed by atoms with Gasteiger partial charge in [-0.05, 0) is 55.3 Å². The molecule has 0 spiro atoms. The van der Waals surface area contributed by atoms with Gasteiger partial charge in [0.1, 0.15) is 5.75 Å². The number of nitrogens with zero attached hydrogens (tertiary/aromatic N) is 2. The van der Waals surface area contributed by atoms with Crippen LogP contribution in [0.15, 0.2) is 99.9 Å². The molecule has 2 heterocycles. The number of allylic oxidation sites excluding steroid dienone is 1. The number of fused-ring (bicyclic) bond motifs is 1. The second kappa shape index (κ2) is 9.79. The van der Waals surface area contributed by atoms with Gasteiger partial charge in [0.15, 0.2) is 4.80 Å². The van der Waals surface area contributed by atoms with Crippen LogP contribution in [0.25, 0.3) is 6.08 Å². The molecule has 0 bridgehead atoms. The fourth-order valence-electron chi connectivity index (χ4n) is 4.27. The van der Waals surface area contributed by atoms with Gasteiger partial charge >= 0.3 is 0 Å².